The number of anilines is 2. The van der Waals surface area contributed by atoms with Crippen molar-refractivity contribution in [2.24, 2.45) is 4.99 Å². The average Bonchev–Trinajstić information content (AvgIpc) is 3.10. The normalized spacial score (nSPS) is 19.8. The molecule has 2 amide bonds. The van der Waals surface area contributed by atoms with E-state index in [1.807, 2.05) is 36.4 Å². The van der Waals surface area contributed by atoms with Crippen LogP contribution in [0.25, 0.3) is 0 Å². The Morgan fingerprint density at radius 3 is 2.41 bits per heavy atom. The Balaban J connectivity index is 1.36. The Bertz CT molecular complexity index is 915. The minimum Gasteiger partial charge on any atom is -0.442 e. The highest BCUT2D eigenvalue weighted by molar-refractivity contribution is 6.30. The molecule has 2 aliphatic heterocycles. The number of rotatable bonds is 5. The highest BCUT2D eigenvalue weighted by Gasteiger charge is 2.32. The van der Waals surface area contributed by atoms with Crippen LogP contribution in [0.1, 0.15) is 5.56 Å². The van der Waals surface area contributed by atoms with Crippen LogP contribution in [0, 0.1) is 0 Å². The molecule has 7 nitrogen and oxygen atoms in total. The van der Waals surface area contributed by atoms with Gasteiger partial charge in [-0.2, -0.15) is 0 Å². The van der Waals surface area contributed by atoms with Crippen molar-refractivity contribution in [3.8, 4) is 0 Å². The van der Waals surface area contributed by atoms with E-state index in [0.717, 1.165) is 16.9 Å². The maximum Gasteiger partial charge on any atom is 0.414 e. The van der Waals surface area contributed by atoms with Crippen molar-refractivity contribution in [3.63, 3.8) is 0 Å². The van der Waals surface area contributed by atoms with Gasteiger partial charge in [-0.15, -0.1) is 0 Å². The predicted octanol–water partition coefficient (Wildman–Crippen LogP) is 3.15. The fraction of sp³-hybridized carbons (Fsp3) is 0.286. The van der Waals surface area contributed by atoms with Gasteiger partial charge < -0.3 is 14.4 Å². The second-order valence-corrected chi connectivity index (χ2v) is 7.21. The number of ether oxygens (including phenoxy) is 2. The number of hydrogen-bond acceptors (Lipinski definition) is 5. The standard InChI is InChI=1S/C21H20ClN3O4/c22-16-3-1-15(2-4-16)11-23-12-19-13-25(21(27)29-19)18-7-5-17(6-8-18)24-9-10-28-14-20(24)26/h1-8,11,19H,9-10,12-14H2/t19-/m1/s1. The lowest BCUT2D eigenvalue weighted by molar-refractivity contribution is -0.125. The first kappa shape index (κ1) is 19.4. The topological polar surface area (TPSA) is 71.4 Å². The largest absolute Gasteiger partial charge is 0.442 e. The van der Waals surface area contributed by atoms with E-state index in [9.17, 15) is 9.59 Å². The van der Waals surface area contributed by atoms with Gasteiger partial charge in [-0.3, -0.25) is 14.7 Å². The van der Waals surface area contributed by atoms with Crippen molar-refractivity contribution in [2.45, 2.75) is 6.10 Å². The van der Waals surface area contributed by atoms with Crippen molar-refractivity contribution in [3.05, 3.63) is 59.1 Å². The molecule has 2 fully saturated rings. The first-order valence-corrected chi connectivity index (χ1v) is 9.70. The zero-order valence-corrected chi connectivity index (χ0v) is 16.4. The summed E-state index contributed by atoms with van der Waals surface area (Å²) in [6, 6.07) is 14.6. The molecule has 2 aliphatic rings. The zero-order valence-electron chi connectivity index (χ0n) is 15.7. The average molecular weight is 414 g/mol. The molecule has 2 aromatic rings. The minimum absolute atomic E-state index is 0.0665. The first-order valence-electron chi connectivity index (χ1n) is 9.32. The second kappa shape index (κ2) is 8.63. The number of morpholine rings is 1. The molecule has 0 aromatic heterocycles. The van der Waals surface area contributed by atoms with E-state index in [1.165, 1.54) is 0 Å². The summed E-state index contributed by atoms with van der Waals surface area (Å²) in [5.74, 6) is -0.0665. The summed E-state index contributed by atoms with van der Waals surface area (Å²) in [6.07, 6.45) is 1.03. The SMILES string of the molecule is O=C1COCCN1c1ccc(N2C[C@@H](CN=Cc3ccc(Cl)cc3)OC2=O)cc1. The number of hydrogen-bond donors (Lipinski definition) is 0. The first-order chi connectivity index (χ1) is 14.1. The molecule has 0 saturated carbocycles. The smallest absolute Gasteiger partial charge is 0.414 e. The maximum atomic E-state index is 12.3. The minimum atomic E-state index is -0.396. The van der Waals surface area contributed by atoms with Gasteiger partial charge in [-0.1, -0.05) is 23.7 Å². The third-order valence-corrected chi connectivity index (χ3v) is 5.00. The third-order valence-electron chi connectivity index (χ3n) is 4.75. The molecule has 29 heavy (non-hydrogen) atoms. The van der Waals surface area contributed by atoms with Crippen molar-refractivity contribution in [1.29, 1.82) is 0 Å². The fourth-order valence-electron chi connectivity index (χ4n) is 3.26. The van der Waals surface area contributed by atoms with Gasteiger partial charge in [-0.05, 0) is 42.0 Å². The van der Waals surface area contributed by atoms with Gasteiger partial charge in [-0.25, -0.2) is 4.79 Å². The lowest BCUT2D eigenvalue weighted by Gasteiger charge is -2.27. The highest BCUT2D eigenvalue weighted by Crippen LogP contribution is 2.25. The number of carbonyl (C=O) groups is 2. The van der Waals surface area contributed by atoms with Crippen LogP contribution >= 0.6 is 11.6 Å². The molecule has 0 aliphatic carbocycles. The molecular weight excluding hydrogens is 394 g/mol. The Hall–Kier alpha value is -2.90. The molecule has 150 valence electrons. The zero-order chi connectivity index (χ0) is 20.2. The summed E-state index contributed by atoms with van der Waals surface area (Å²) in [6.45, 7) is 1.94. The molecule has 0 N–H and O–H groups in total. The number of benzene rings is 2. The van der Waals surface area contributed by atoms with Gasteiger partial charge in [0.15, 0.2) is 0 Å². The summed E-state index contributed by atoms with van der Waals surface area (Å²) in [7, 11) is 0. The van der Waals surface area contributed by atoms with Crippen LogP contribution in [-0.4, -0.2) is 57.2 Å². The van der Waals surface area contributed by atoms with Gasteiger partial charge in [0.05, 0.1) is 19.7 Å². The molecule has 1 atom stereocenters. The van der Waals surface area contributed by atoms with Gasteiger partial charge in [0, 0.05) is 29.2 Å². The highest BCUT2D eigenvalue weighted by atomic mass is 35.5. The van der Waals surface area contributed by atoms with Crippen LogP contribution in [-0.2, 0) is 14.3 Å². The molecule has 0 unspecified atom stereocenters. The van der Waals surface area contributed by atoms with E-state index in [0.29, 0.717) is 31.3 Å². The summed E-state index contributed by atoms with van der Waals surface area (Å²) in [4.78, 5) is 31.8. The number of amides is 2. The number of nitrogens with zero attached hydrogens (tertiary/aromatic N) is 3. The van der Waals surface area contributed by atoms with Crippen molar-refractivity contribution in [1.82, 2.24) is 0 Å². The lowest BCUT2D eigenvalue weighted by atomic mass is 10.2. The monoisotopic (exact) mass is 413 g/mol. The predicted molar refractivity (Wildman–Crippen MR) is 111 cm³/mol. The van der Waals surface area contributed by atoms with Gasteiger partial charge in [0.25, 0.3) is 5.91 Å². The molecule has 0 bridgehead atoms. The Morgan fingerprint density at radius 2 is 1.72 bits per heavy atom. The number of aliphatic imine (C=N–C) groups is 1. The van der Waals surface area contributed by atoms with Crippen molar-refractivity contribution >= 4 is 41.2 Å². The summed E-state index contributed by atoms with van der Waals surface area (Å²) < 4.78 is 10.6. The summed E-state index contributed by atoms with van der Waals surface area (Å²) in [5.41, 5.74) is 2.45. The van der Waals surface area contributed by atoms with Crippen LogP contribution in [0.5, 0.6) is 0 Å². The molecular formula is C21H20ClN3O4. The molecule has 0 radical (unpaired) electrons. The Kier molecular flexibility index (Phi) is 5.78. The van der Waals surface area contributed by atoms with Gasteiger partial charge in [0.1, 0.15) is 12.7 Å². The second-order valence-electron chi connectivity index (χ2n) is 6.78. The van der Waals surface area contributed by atoms with E-state index in [4.69, 9.17) is 21.1 Å². The van der Waals surface area contributed by atoms with Crippen molar-refractivity contribution in [2.75, 3.05) is 42.6 Å². The van der Waals surface area contributed by atoms with E-state index < -0.39 is 6.09 Å². The van der Waals surface area contributed by atoms with E-state index in [1.54, 1.807) is 28.1 Å². The summed E-state index contributed by atoms with van der Waals surface area (Å²) >= 11 is 5.87. The van der Waals surface area contributed by atoms with E-state index >= 15 is 0 Å². The fourth-order valence-corrected chi connectivity index (χ4v) is 3.38. The van der Waals surface area contributed by atoms with Gasteiger partial charge >= 0.3 is 6.09 Å². The van der Waals surface area contributed by atoms with Crippen LogP contribution in [0.4, 0.5) is 16.2 Å². The van der Waals surface area contributed by atoms with E-state index in [-0.39, 0.29) is 18.6 Å². The van der Waals surface area contributed by atoms with Crippen molar-refractivity contribution < 1.29 is 19.1 Å². The molecule has 2 heterocycles. The molecule has 0 spiro atoms. The molecule has 2 saturated heterocycles. The maximum absolute atomic E-state index is 12.3. The number of halogens is 1. The van der Waals surface area contributed by atoms with E-state index in [2.05, 4.69) is 4.99 Å². The van der Waals surface area contributed by atoms with Crippen LogP contribution in [0.3, 0.4) is 0 Å². The molecule has 2 aromatic carbocycles. The van der Waals surface area contributed by atoms with Gasteiger partial charge in [0.2, 0.25) is 0 Å². The molecule has 8 heteroatoms. The Labute approximate surface area is 173 Å². The third kappa shape index (κ3) is 4.58. The quantitative estimate of drug-likeness (QED) is 0.706. The number of cyclic esters (lactones) is 1. The molecule has 4 rings (SSSR count). The Morgan fingerprint density at radius 1 is 1.03 bits per heavy atom. The number of carbonyl (C=O) groups excluding carboxylic acids is 2. The summed E-state index contributed by atoms with van der Waals surface area (Å²) in [5, 5.41) is 0.673. The van der Waals surface area contributed by atoms with Crippen LogP contribution < -0.4 is 9.80 Å². The lowest BCUT2D eigenvalue weighted by Crippen LogP contribution is -2.41. The van der Waals surface area contributed by atoms with Crippen LogP contribution in [0.15, 0.2) is 53.5 Å². The van der Waals surface area contributed by atoms with Crippen LogP contribution in [0.2, 0.25) is 5.02 Å².